The lowest BCUT2D eigenvalue weighted by Crippen LogP contribution is -2.25. The molecule has 0 amide bonds. The van der Waals surface area contributed by atoms with Gasteiger partial charge in [0, 0.05) is 5.92 Å². The number of carboxylic acids is 1. The minimum absolute atomic E-state index is 0.563. The van der Waals surface area contributed by atoms with Gasteiger partial charge in [-0.25, -0.2) is 4.79 Å². The molecular weight excluding hydrogens is 166 g/mol. The molecule has 0 aliphatic rings. The number of hydrogen-bond donors (Lipinski definition) is 1. The van der Waals surface area contributed by atoms with Gasteiger partial charge in [-0.15, -0.1) is 0 Å². The molecule has 0 aliphatic carbocycles. The molecule has 0 saturated heterocycles. The van der Waals surface area contributed by atoms with Gasteiger partial charge in [0.1, 0.15) is 0 Å². The lowest BCUT2D eigenvalue weighted by molar-refractivity contribution is -0.130. The van der Waals surface area contributed by atoms with Gasteiger partial charge in [0.25, 0.3) is 0 Å². The molecule has 0 atom stereocenters. The fraction of sp³-hybridized carbons (Fsp3) is 0.700. The molecule has 3 heteroatoms. The lowest BCUT2D eigenvalue weighted by atomic mass is 10.3. The Morgan fingerprint density at radius 2 is 1.85 bits per heavy atom. The molecule has 13 heavy (non-hydrogen) atoms. The van der Waals surface area contributed by atoms with Crippen LogP contribution < -0.4 is 0 Å². The zero-order valence-electron chi connectivity index (χ0n) is 8.34. The first-order valence-electron chi connectivity index (χ1n) is 4.64. The second-order valence-corrected chi connectivity index (χ2v) is 2.88. The van der Waals surface area contributed by atoms with Crippen molar-refractivity contribution >= 4 is 5.97 Å². The highest BCUT2D eigenvalue weighted by molar-refractivity contribution is 5.86. The summed E-state index contributed by atoms with van der Waals surface area (Å²) in [6.07, 6.45) is 2.16. The molecule has 0 aromatic rings. The van der Waals surface area contributed by atoms with Gasteiger partial charge in [0.2, 0.25) is 0 Å². The minimum Gasteiger partial charge on any atom is -0.472 e. The molecule has 0 aromatic heterocycles. The minimum atomic E-state index is -1.05. The van der Waals surface area contributed by atoms with Crippen LogP contribution in [0.3, 0.4) is 0 Å². The zero-order chi connectivity index (χ0) is 10.1. The number of carboxylic acid groups (broad SMARTS) is 1. The van der Waals surface area contributed by atoms with E-state index in [9.17, 15) is 4.79 Å². The molecule has 0 bridgehead atoms. The Morgan fingerprint density at radius 1 is 1.31 bits per heavy atom. The van der Waals surface area contributed by atoms with Crippen LogP contribution in [-0.2, 0) is 4.79 Å². The quantitative estimate of drug-likeness (QED) is 0.651. The summed E-state index contributed by atoms with van der Waals surface area (Å²) in [4.78, 5) is 12.3. The summed E-state index contributed by atoms with van der Waals surface area (Å²) in [5.41, 5.74) is 0. The first-order chi connectivity index (χ1) is 6.20. The summed E-state index contributed by atoms with van der Waals surface area (Å²) in [5.74, 6) is 3.70. The Labute approximate surface area is 79.7 Å². The van der Waals surface area contributed by atoms with Gasteiger partial charge in [-0.05, 0) is 25.9 Å². The Kier molecular flexibility index (Phi) is 7.04. The summed E-state index contributed by atoms with van der Waals surface area (Å²) in [6.45, 7) is 6.75. The zero-order valence-corrected chi connectivity index (χ0v) is 8.34. The molecule has 0 rings (SSSR count). The van der Waals surface area contributed by atoms with Crippen molar-refractivity contribution in [3.05, 3.63) is 0 Å². The molecule has 0 saturated carbocycles. The monoisotopic (exact) mass is 183 g/mol. The van der Waals surface area contributed by atoms with Gasteiger partial charge >= 0.3 is 5.97 Å². The van der Waals surface area contributed by atoms with Crippen LogP contribution in [0.15, 0.2) is 0 Å². The van der Waals surface area contributed by atoms with Crippen molar-refractivity contribution in [1.29, 1.82) is 0 Å². The summed E-state index contributed by atoms with van der Waals surface area (Å²) in [7, 11) is 0. The second-order valence-electron chi connectivity index (χ2n) is 2.88. The van der Waals surface area contributed by atoms with E-state index in [1.165, 1.54) is 0 Å². The van der Waals surface area contributed by atoms with Crippen LogP contribution in [0.4, 0.5) is 0 Å². The predicted octanol–water partition coefficient (Wildman–Crippen LogP) is 1.20. The highest BCUT2D eigenvalue weighted by Crippen LogP contribution is 1.92. The van der Waals surface area contributed by atoms with E-state index in [2.05, 4.69) is 30.6 Å². The standard InChI is InChI=1S/C10H17NO2/c1-3-7-11(8-4-2)9-5-6-10(12)13/h3-4,7-9H2,1-2H3,(H,12,13). The first-order valence-corrected chi connectivity index (χ1v) is 4.64. The van der Waals surface area contributed by atoms with Crippen molar-refractivity contribution in [1.82, 2.24) is 4.90 Å². The van der Waals surface area contributed by atoms with Gasteiger partial charge in [-0.3, -0.25) is 4.90 Å². The molecule has 1 N–H and O–H groups in total. The van der Waals surface area contributed by atoms with Crippen LogP contribution in [0.5, 0.6) is 0 Å². The molecule has 0 fully saturated rings. The molecule has 3 nitrogen and oxygen atoms in total. The van der Waals surface area contributed by atoms with E-state index in [-0.39, 0.29) is 0 Å². The summed E-state index contributed by atoms with van der Waals surface area (Å²) in [5, 5.41) is 8.29. The molecule has 0 aliphatic heterocycles. The van der Waals surface area contributed by atoms with E-state index in [1.807, 2.05) is 0 Å². The summed E-state index contributed by atoms with van der Waals surface area (Å²) < 4.78 is 0. The lowest BCUT2D eigenvalue weighted by Gasteiger charge is -2.16. The Hall–Kier alpha value is -1.01. The SMILES string of the molecule is CCCN(CC#CC(=O)O)CCC. The van der Waals surface area contributed by atoms with Crippen molar-refractivity contribution in [3.63, 3.8) is 0 Å². The number of rotatable bonds is 5. The molecule has 0 spiro atoms. The number of aliphatic carboxylic acids is 1. The number of hydrogen-bond acceptors (Lipinski definition) is 2. The van der Waals surface area contributed by atoms with E-state index in [1.54, 1.807) is 0 Å². The predicted molar refractivity (Wildman–Crippen MR) is 52.4 cm³/mol. The maximum Gasteiger partial charge on any atom is 0.381 e. The van der Waals surface area contributed by atoms with E-state index in [0.717, 1.165) is 25.9 Å². The van der Waals surface area contributed by atoms with Crippen molar-refractivity contribution in [2.45, 2.75) is 26.7 Å². The molecule has 0 heterocycles. The maximum atomic E-state index is 10.1. The maximum absolute atomic E-state index is 10.1. The van der Waals surface area contributed by atoms with Gasteiger partial charge in [0.05, 0.1) is 6.54 Å². The molecule has 0 radical (unpaired) electrons. The fourth-order valence-electron chi connectivity index (χ4n) is 1.13. The smallest absolute Gasteiger partial charge is 0.381 e. The van der Waals surface area contributed by atoms with Crippen LogP contribution in [-0.4, -0.2) is 35.6 Å². The highest BCUT2D eigenvalue weighted by Gasteiger charge is 1.98. The Morgan fingerprint density at radius 3 is 2.23 bits per heavy atom. The van der Waals surface area contributed by atoms with Crippen molar-refractivity contribution in [2.75, 3.05) is 19.6 Å². The molecule has 0 unspecified atom stereocenters. The van der Waals surface area contributed by atoms with E-state index in [0.29, 0.717) is 6.54 Å². The largest absolute Gasteiger partial charge is 0.472 e. The van der Waals surface area contributed by atoms with Crippen LogP contribution in [0.25, 0.3) is 0 Å². The Balaban J connectivity index is 3.82. The van der Waals surface area contributed by atoms with Crippen LogP contribution >= 0.6 is 0 Å². The molecular formula is C10H17NO2. The Bertz CT molecular complexity index is 197. The molecule has 74 valence electrons. The van der Waals surface area contributed by atoms with Gasteiger partial charge in [-0.2, -0.15) is 0 Å². The number of carbonyl (C=O) groups is 1. The average molecular weight is 183 g/mol. The van der Waals surface area contributed by atoms with Crippen molar-refractivity contribution < 1.29 is 9.90 Å². The van der Waals surface area contributed by atoms with Gasteiger partial charge < -0.3 is 5.11 Å². The number of nitrogens with zero attached hydrogens (tertiary/aromatic N) is 1. The van der Waals surface area contributed by atoms with Gasteiger partial charge in [-0.1, -0.05) is 19.8 Å². The normalized spacial score (nSPS) is 9.46. The molecule has 0 aromatic carbocycles. The third-order valence-corrected chi connectivity index (χ3v) is 1.58. The van der Waals surface area contributed by atoms with Crippen LogP contribution in [0, 0.1) is 11.8 Å². The van der Waals surface area contributed by atoms with Crippen LogP contribution in [0.2, 0.25) is 0 Å². The topological polar surface area (TPSA) is 40.5 Å². The fourth-order valence-corrected chi connectivity index (χ4v) is 1.13. The van der Waals surface area contributed by atoms with Crippen LogP contribution in [0.1, 0.15) is 26.7 Å². The summed E-state index contributed by atoms with van der Waals surface area (Å²) in [6, 6.07) is 0. The van der Waals surface area contributed by atoms with Gasteiger partial charge in [0.15, 0.2) is 0 Å². The van der Waals surface area contributed by atoms with E-state index in [4.69, 9.17) is 5.11 Å². The first kappa shape index (κ1) is 12.0. The third kappa shape index (κ3) is 7.35. The summed E-state index contributed by atoms with van der Waals surface area (Å²) >= 11 is 0. The second kappa shape index (κ2) is 7.63. The van der Waals surface area contributed by atoms with Crippen molar-refractivity contribution in [2.24, 2.45) is 0 Å². The third-order valence-electron chi connectivity index (χ3n) is 1.58. The van der Waals surface area contributed by atoms with E-state index >= 15 is 0 Å². The van der Waals surface area contributed by atoms with Crippen molar-refractivity contribution in [3.8, 4) is 11.8 Å². The average Bonchev–Trinajstić information content (AvgIpc) is 2.04. The van der Waals surface area contributed by atoms with E-state index < -0.39 is 5.97 Å². The highest BCUT2D eigenvalue weighted by atomic mass is 16.4.